The third-order valence-electron chi connectivity index (χ3n) is 6.65. The van der Waals surface area contributed by atoms with Gasteiger partial charge in [0.1, 0.15) is 23.2 Å². The van der Waals surface area contributed by atoms with Crippen molar-refractivity contribution in [3.05, 3.63) is 118 Å². The van der Waals surface area contributed by atoms with Gasteiger partial charge in [-0.2, -0.15) is 13.2 Å². The summed E-state index contributed by atoms with van der Waals surface area (Å²) in [4.78, 5) is 45.1. The van der Waals surface area contributed by atoms with E-state index in [2.05, 4.69) is 30.2 Å². The lowest BCUT2D eigenvalue weighted by atomic mass is 9.99. The van der Waals surface area contributed by atoms with Crippen LogP contribution in [0.5, 0.6) is 0 Å². The molecule has 0 bridgehead atoms. The van der Waals surface area contributed by atoms with Crippen LogP contribution in [-0.2, 0) is 6.18 Å². The highest BCUT2D eigenvalue weighted by molar-refractivity contribution is 5.96. The first-order valence-corrected chi connectivity index (χ1v) is 12.4. The van der Waals surface area contributed by atoms with Crippen LogP contribution in [0.3, 0.4) is 0 Å². The Morgan fingerprint density at radius 2 is 1.66 bits per heavy atom. The van der Waals surface area contributed by atoms with E-state index in [0.29, 0.717) is 39.2 Å². The van der Waals surface area contributed by atoms with Gasteiger partial charge in [0.25, 0.3) is 5.56 Å². The molecular formula is C29H20F3N7O2. The molecule has 2 aromatic carbocycles. The maximum Gasteiger partial charge on any atom is 0.451 e. The van der Waals surface area contributed by atoms with Crippen LogP contribution in [0.1, 0.15) is 24.5 Å². The summed E-state index contributed by atoms with van der Waals surface area (Å²) < 4.78 is 40.7. The molecule has 0 fully saturated rings. The molecule has 0 saturated carbocycles. The van der Waals surface area contributed by atoms with E-state index in [0.717, 1.165) is 12.4 Å². The number of H-pyrrole nitrogens is 1. The van der Waals surface area contributed by atoms with Crippen molar-refractivity contribution < 1.29 is 13.2 Å². The zero-order valence-corrected chi connectivity index (χ0v) is 21.3. The topological polar surface area (TPSA) is 118 Å². The molecule has 0 unspecified atom stereocenters. The predicted molar refractivity (Wildman–Crippen MR) is 148 cm³/mol. The molecule has 0 spiro atoms. The summed E-state index contributed by atoms with van der Waals surface area (Å²) in [6, 6.07) is 16.7. The quantitative estimate of drug-likeness (QED) is 0.298. The van der Waals surface area contributed by atoms with Crippen molar-refractivity contribution in [2.75, 3.05) is 5.32 Å². The monoisotopic (exact) mass is 555 g/mol. The number of aromatic amines is 1. The number of hydrogen-bond donors (Lipinski definition) is 2. The van der Waals surface area contributed by atoms with E-state index in [1.165, 1.54) is 23.2 Å². The van der Waals surface area contributed by atoms with Crippen LogP contribution in [0.25, 0.3) is 38.6 Å². The van der Waals surface area contributed by atoms with Crippen LogP contribution in [-0.4, -0.2) is 29.5 Å². The van der Waals surface area contributed by atoms with Gasteiger partial charge in [-0.05, 0) is 36.1 Å². The minimum atomic E-state index is -4.69. The minimum Gasteiger partial charge on any atom is -0.361 e. The second-order valence-electron chi connectivity index (χ2n) is 9.26. The van der Waals surface area contributed by atoms with Gasteiger partial charge in [-0.1, -0.05) is 36.4 Å². The molecule has 6 rings (SSSR count). The van der Waals surface area contributed by atoms with Crippen molar-refractivity contribution in [1.29, 1.82) is 0 Å². The van der Waals surface area contributed by atoms with E-state index in [1.54, 1.807) is 42.5 Å². The number of hydrogen-bond acceptors (Lipinski definition) is 7. The highest BCUT2D eigenvalue weighted by Crippen LogP contribution is 2.31. The molecule has 0 aliphatic carbocycles. The molecule has 0 aliphatic heterocycles. The fourth-order valence-corrected chi connectivity index (χ4v) is 4.79. The molecule has 0 saturated heterocycles. The SMILES string of the molecule is C[C@H](Nc1ncnc2[nH]ccc(=O)c12)c1cc2cccc(-c3cnc(C(F)(F)F)nc3)c2c(=O)n1-c1ccccc1. The largest absolute Gasteiger partial charge is 0.451 e. The van der Waals surface area contributed by atoms with E-state index in [-0.39, 0.29) is 16.4 Å². The van der Waals surface area contributed by atoms with Gasteiger partial charge in [0.05, 0.1) is 11.4 Å². The van der Waals surface area contributed by atoms with Gasteiger partial charge >= 0.3 is 6.18 Å². The van der Waals surface area contributed by atoms with Gasteiger partial charge in [-0.15, -0.1) is 0 Å². The molecule has 4 heterocycles. The summed E-state index contributed by atoms with van der Waals surface area (Å²) in [5.41, 5.74) is 1.51. The molecule has 6 aromatic rings. The highest BCUT2D eigenvalue weighted by Gasteiger charge is 2.34. The van der Waals surface area contributed by atoms with E-state index >= 15 is 0 Å². The average molecular weight is 556 g/mol. The number of pyridine rings is 2. The summed E-state index contributed by atoms with van der Waals surface area (Å²) in [5, 5.41) is 4.39. The summed E-state index contributed by atoms with van der Waals surface area (Å²) in [6.45, 7) is 1.83. The van der Waals surface area contributed by atoms with Crippen LogP contribution in [0.15, 0.2) is 95.2 Å². The molecule has 41 heavy (non-hydrogen) atoms. The van der Waals surface area contributed by atoms with Crippen LogP contribution in [0.4, 0.5) is 19.0 Å². The molecule has 4 aromatic heterocycles. The number of benzene rings is 2. The molecular weight excluding hydrogens is 535 g/mol. The van der Waals surface area contributed by atoms with Crippen molar-refractivity contribution >= 4 is 27.6 Å². The van der Waals surface area contributed by atoms with Gasteiger partial charge < -0.3 is 10.3 Å². The zero-order chi connectivity index (χ0) is 28.7. The maximum atomic E-state index is 14.2. The number of nitrogens with one attached hydrogen (secondary N) is 2. The lowest BCUT2D eigenvalue weighted by Crippen LogP contribution is -2.26. The number of rotatable bonds is 5. The standard InChI is InChI=1S/C29H20F3N7O2/c1-16(38-26-24-22(40)10-11-33-25(24)36-15-37-26)21-12-17-6-5-9-20(18-13-34-28(35-14-18)29(30,31)32)23(17)27(41)39(21)19-7-3-2-4-8-19/h2-16H,1H3,(H2,33,36,37,38,40)/t16-/m0/s1. The first-order chi connectivity index (χ1) is 19.7. The predicted octanol–water partition coefficient (Wildman–Crippen LogP) is 5.27. The number of para-hydroxylation sites is 1. The Bertz CT molecular complexity index is 2020. The second-order valence-corrected chi connectivity index (χ2v) is 9.26. The van der Waals surface area contributed by atoms with Crippen molar-refractivity contribution in [3.8, 4) is 16.8 Å². The fraction of sp³-hybridized carbons (Fsp3) is 0.103. The second kappa shape index (κ2) is 9.97. The van der Waals surface area contributed by atoms with Crippen molar-refractivity contribution in [2.24, 2.45) is 0 Å². The number of fused-ring (bicyclic) bond motifs is 2. The molecule has 2 N–H and O–H groups in total. The van der Waals surface area contributed by atoms with Gasteiger partial charge in [0, 0.05) is 41.6 Å². The molecule has 12 heteroatoms. The van der Waals surface area contributed by atoms with E-state index in [4.69, 9.17) is 0 Å². The van der Waals surface area contributed by atoms with E-state index in [1.807, 2.05) is 19.1 Å². The third kappa shape index (κ3) is 4.69. The van der Waals surface area contributed by atoms with E-state index < -0.39 is 23.6 Å². The first-order valence-electron chi connectivity index (χ1n) is 12.4. The molecule has 0 radical (unpaired) electrons. The fourth-order valence-electron chi connectivity index (χ4n) is 4.79. The molecule has 0 aliphatic rings. The molecule has 1 atom stereocenters. The number of alkyl halides is 3. The van der Waals surface area contributed by atoms with Gasteiger partial charge in [0.15, 0.2) is 5.43 Å². The Morgan fingerprint density at radius 3 is 2.39 bits per heavy atom. The Balaban J connectivity index is 1.54. The van der Waals surface area contributed by atoms with Gasteiger partial charge in [-0.3, -0.25) is 14.2 Å². The van der Waals surface area contributed by atoms with Crippen LogP contribution >= 0.6 is 0 Å². The summed E-state index contributed by atoms with van der Waals surface area (Å²) in [6.07, 6.45) is 0.270. The van der Waals surface area contributed by atoms with Gasteiger partial charge in [0.2, 0.25) is 5.82 Å². The van der Waals surface area contributed by atoms with Gasteiger partial charge in [-0.25, -0.2) is 19.9 Å². The molecule has 0 amide bonds. The highest BCUT2D eigenvalue weighted by atomic mass is 19.4. The lowest BCUT2D eigenvalue weighted by molar-refractivity contribution is -0.144. The van der Waals surface area contributed by atoms with E-state index in [9.17, 15) is 22.8 Å². The van der Waals surface area contributed by atoms with Crippen molar-refractivity contribution in [2.45, 2.75) is 19.1 Å². The summed E-state index contributed by atoms with van der Waals surface area (Å²) >= 11 is 0. The molecule has 204 valence electrons. The Kier molecular flexibility index (Phi) is 6.29. The zero-order valence-electron chi connectivity index (χ0n) is 21.3. The number of aromatic nitrogens is 6. The lowest BCUT2D eigenvalue weighted by Gasteiger charge is -2.22. The van der Waals surface area contributed by atoms with Crippen molar-refractivity contribution in [3.63, 3.8) is 0 Å². The smallest absolute Gasteiger partial charge is 0.361 e. The molecule has 9 nitrogen and oxygen atoms in total. The average Bonchev–Trinajstić information content (AvgIpc) is 2.97. The Labute approximate surface area is 229 Å². The third-order valence-corrected chi connectivity index (χ3v) is 6.65. The van der Waals surface area contributed by atoms with Crippen LogP contribution in [0.2, 0.25) is 0 Å². The normalized spacial score (nSPS) is 12.5. The number of anilines is 1. The van der Waals surface area contributed by atoms with Crippen LogP contribution < -0.4 is 16.3 Å². The Hall–Kier alpha value is -5.39. The van der Waals surface area contributed by atoms with Crippen LogP contribution in [0, 0.1) is 0 Å². The minimum absolute atomic E-state index is 0.267. The van der Waals surface area contributed by atoms with Crippen molar-refractivity contribution in [1.82, 2.24) is 29.5 Å². The summed E-state index contributed by atoms with van der Waals surface area (Å²) in [7, 11) is 0. The number of halogens is 3. The first kappa shape index (κ1) is 25.9. The number of nitrogens with zero attached hydrogens (tertiary/aromatic N) is 5. The summed E-state index contributed by atoms with van der Waals surface area (Å²) in [5.74, 6) is -0.964. The Morgan fingerprint density at radius 1 is 0.902 bits per heavy atom. The maximum absolute atomic E-state index is 14.2.